The number of carbonyl (C=O) groups is 1. The summed E-state index contributed by atoms with van der Waals surface area (Å²) >= 11 is 3.50. The van der Waals surface area contributed by atoms with Crippen LogP contribution in [-0.4, -0.2) is 42.9 Å². The maximum atomic E-state index is 11.4. The van der Waals surface area contributed by atoms with Gasteiger partial charge >= 0.3 is 0 Å². The van der Waals surface area contributed by atoms with Crippen molar-refractivity contribution in [2.75, 3.05) is 31.6 Å². The molecule has 19 heavy (non-hydrogen) atoms. The number of hydrogen-bond donors (Lipinski definition) is 0. The van der Waals surface area contributed by atoms with E-state index < -0.39 is 0 Å². The van der Waals surface area contributed by atoms with Crippen molar-refractivity contribution in [3.05, 3.63) is 28.2 Å². The van der Waals surface area contributed by atoms with Crippen LogP contribution in [0.25, 0.3) is 0 Å². The molecule has 0 unspecified atom stereocenters. The summed E-state index contributed by atoms with van der Waals surface area (Å²) in [5.41, 5.74) is 2.10. The lowest BCUT2D eigenvalue weighted by Crippen LogP contribution is -2.57. The zero-order chi connectivity index (χ0) is 14.2. The Kier molecular flexibility index (Phi) is 4.02. The monoisotopic (exact) mass is 324 g/mol. The predicted octanol–water partition coefficient (Wildman–Crippen LogP) is 3.18. The van der Waals surface area contributed by atoms with E-state index in [1.54, 1.807) is 6.92 Å². The molecular formula is C15H21BrN2O. The van der Waals surface area contributed by atoms with Crippen LogP contribution >= 0.6 is 15.9 Å². The van der Waals surface area contributed by atoms with E-state index in [-0.39, 0.29) is 11.3 Å². The number of benzene rings is 1. The lowest BCUT2D eigenvalue weighted by molar-refractivity contribution is 0.101. The fourth-order valence-corrected chi connectivity index (χ4v) is 3.09. The van der Waals surface area contributed by atoms with Gasteiger partial charge in [-0.25, -0.2) is 0 Å². The molecule has 0 aromatic heterocycles. The zero-order valence-corrected chi connectivity index (χ0v) is 13.6. The van der Waals surface area contributed by atoms with Gasteiger partial charge in [0, 0.05) is 40.9 Å². The number of hydrogen-bond acceptors (Lipinski definition) is 3. The van der Waals surface area contributed by atoms with Crippen LogP contribution < -0.4 is 4.90 Å². The van der Waals surface area contributed by atoms with Crippen LogP contribution in [0.1, 0.15) is 31.1 Å². The molecule has 1 heterocycles. The van der Waals surface area contributed by atoms with Crippen LogP contribution in [0.4, 0.5) is 5.69 Å². The highest BCUT2D eigenvalue weighted by Gasteiger charge is 2.31. The summed E-state index contributed by atoms with van der Waals surface area (Å²) in [5.74, 6) is 0.0946. The highest BCUT2D eigenvalue weighted by atomic mass is 79.9. The standard InChI is InChI=1S/C15H21BrN2O/c1-11(19)13-6-5-12(9-14(13)16)18-8-7-17(4)15(2,3)10-18/h5-6,9H,7-8,10H2,1-4H3. The third-order valence-electron chi connectivity index (χ3n) is 4.01. The Morgan fingerprint density at radius 3 is 2.53 bits per heavy atom. The molecule has 0 bridgehead atoms. The summed E-state index contributed by atoms with van der Waals surface area (Å²) in [5, 5.41) is 0. The Bertz CT molecular complexity index is 499. The van der Waals surface area contributed by atoms with Crippen LogP contribution in [0.15, 0.2) is 22.7 Å². The number of nitrogens with zero attached hydrogens (tertiary/aromatic N) is 2. The van der Waals surface area contributed by atoms with E-state index in [1.165, 1.54) is 5.69 Å². The first-order chi connectivity index (χ1) is 8.81. The van der Waals surface area contributed by atoms with Crippen molar-refractivity contribution in [2.24, 2.45) is 0 Å². The van der Waals surface area contributed by atoms with Crippen LogP contribution in [0.5, 0.6) is 0 Å². The number of piperazine rings is 1. The molecule has 0 saturated carbocycles. The summed E-state index contributed by atoms with van der Waals surface area (Å²) in [6.07, 6.45) is 0. The molecule has 0 atom stereocenters. The fourth-order valence-electron chi connectivity index (χ4n) is 2.45. The molecule has 4 heteroatoms. The van der Waals surface area contributed by atoms with Crippen molar-refractivity contribution in [2.45, 2.75) is 26.3 Å². The van der Waals surface area contributed by atoms with E-state index >= 15 is 0 Å². The predicted molar refractivity (Wildman–Crippen MR) is 83.1 cm³/mol. The van der Waals surface area contributed by atoms with Gasteiger partial charge in [-0.2, -0.15) is 0 Å². The first kappa shape index (κ1) is 14.5. The van der Waals surface area contributed by atoms with Crippen LogP contribution in [0.3, 0.4) is 0 Å². The van der Waals surface area contributed by atoms with Crippen molar-refractivity contribution in [1.82, 2.24) is 4.90 Å². The molecule has 1 aromatic rings. The van der Waals surface area contributed by atoms with Crippen molar-refractivity contribution in [3.63, 3.8) is 0 Å². The van der Waals surface area contributed by atoms with Crippen molar-refractivity contribution < 1.29 is 4.79 Å². The lowest BCUT2D eigenvalue weighted by Gasteiger charge is -2.46. The summed E-state index contributed by atoms with van der Waals surface area (Å²) in [4.78, 5) is 16.2. The van der Waals surface area contributed by atoms with Gasteiger partial charge in [-0.05, 0) is 61.9 Å². The third-order valence-corrected chi connectivity index (χ3v) is 4.67. The van der Waals surface area contributed by atoms with Gasteiger partial charge in [0.15, 0.2) is 5.78 Å². The van der Waals surface area contributed by atoms with Gasteiger partial charge in [0.1, 0.15) is 0 Å². The average Bonchev–Trinajstić information content (AvgIpc) is 2.32. The number of halogens is 1. The van der Waals surface area contributed by atoms with Gasteiger partial charge in [-0.3, -0.25) is 9.69 Å². The molecule has 0 N–H and O–H groups in total. The number of ketones is 1. The molecule has 104 valence electrons. The SMILES string of the molecule is CC(=O)c1ccc(N2CCN(C)C(C)(C)C2)cc1Br. The second-order valence-corrected chi connectivity index (χ2v) is 6.73. The zero-order valence-electron chi connectivity index (χ0n) is 12.0. The molecule has 1 fully saturated rings. The topological polar surface area (TPSA) is 23.6 Å². The fraction of sp³-hybridized carbons (Fsp3) is 0.533. The van der Waals surface area contributed by atoms with Gasteiger partial charge in [0.2, 0.25) is 0 Å². The highest BCUT2D eigenvalue weighted by molar-refractivity contribution is 9.10. The van der Waals surface area contributed by atoms with E-state index in [4.69, 9.17) is 0 Å². The number of likely N-dealkylation sites (N-methyl/N-ethyl adjacent to an activating group) is 1. The molecule has 1 saturated heterocycles. The molecule has 1 aromatic carbocycles. The van der Waals surface area contributed by atoms with Crippen LogP contribution in [-0.2, 0) is 0 Å². The van der Waals surface area contributed by atoms with E-state index in [2.05, 4.69) is 52.7 Å². The summed E-state index contributed by atoms with van der Waals surface area (Å²) < 4.78 is 0.884. The summed E-state index contributed by atoms with van der Waals surface area (Å²) in [6.45, 7) is 9.19. The summed E-state index contributed by atoms with van der Waals surface area (Å²) in [6, 6.07) is 6.01. The molecule has 0 amide bonds. The third kappa shape index (κ3) is 3.00. The number of Topliss-reactive ketones (excluding diaryl/α,β-unsaturated/α-hetero) is 1. The van der Waals surface area contributed by atoms with Crippen molar-refractivity contribution in [3.8, 4) is 0 Å². The van der Waals surface area contributed by atoms with Gasteiger partial charge in [0.25, 0.3) is 0 Å². The van der Waals surface area contributed by atoms with Gasteiger partial charge < -0.3 is 4.90 Å². The van der Waals surface area contributed by atoms with Crippen molar-refractivity contribution in [1.29, 1.82) is 0 Å². The van der Waals surface area contributed by atoms with E-state index in [9.17, 15) is 4.79 Å². The van der Waals surface area contributed by atoms with E-state index in [0.717, 1.165) is 29.7 Å². The van der Waals surface area contributed by atoms with E-state index in [1.807, 2.05) is 12.1 Å². The molecule has 0 spiro atoms. The van der Waals surface area contributed by atoms with Crippen LogP contribution in [0.2, 0.25) is 0 Å². The summed E-state index contributed by atoms with van der Waals surface area (Å²) in [7, 11) is 2.17. The highest BCUT2D eigenvalue weighted by Crippen LogP contribution is 2.28. The quantitative estimate of drug-likeness (QED) is 0.780. The Morgan fingerprint density at radius 2 is 2.00 bits per heavy atom. The largest absolute Gasteiger partial charge is 0.368 e. The molecule has 0 radical (unpaired) electrons. The normalized spacial score (nSPS) is 19.5. The van der Waals surface area contributed by atoms with E-state index in [0.29, 0.717) is 0 Å². The van der Waals surface area contributed by atoms with Gasteiger partial charge in [0.05, 0.1) is 0 Å². The molecule has 0 aliphatic carbocycles. The first-order valence-corrected chi connectivity index (χ1v) is 7.37. The second kappa shape index (κ2) is 5.25. The number of anilines is 1. The minimum Gasteiger partial charge on any atom is -0.368 e. The Hall–Kier alpha value is -0.870. The van der Waals surface area contributed by atoms with Gasteiger partial charge in [-0.1, -0.05) is 0 Å². The molecule has 1 aliphatic rings. The Labute approximate surface area is 123 Å². The molecule has 2 rings (SSSR count). The Balaban J connectivity index is 2.24. The average molecular weight is 325 g/mol. The molecule has 3 nitrogen and oxygen atoms in total. The smallest absolute Gasteiger partial charge is 0.160 e. The minimum absolute atomic E-state index is 0.0946. The lowest BCUT2D eigenvalue weighted by atomic mass is 9.99. The number of carbonyl (C=O) groups excluding carboxylic acids is 1. The first-order valence-electron chi connectivity index (χ1n) is 6.58. The van der Waals surface area contributed by atoms with Crippen LogP contribution in [0, 0.1) is 0 Å². The maximum absolute atomic E-state index is 11.4. The number of rotatable bonds is 2. The molecule has 1 aliphatic heterocycles. The second-order valence-electron chi connectivity index (χ2n) is 5.88. The minimum atomic E-state index is 0.0946. The van der Waals surface area contributed by atoms with Gasteiger partial charge in [-0.15, -0.1) is 0 Å². The van der Waals surface area contributed by atoms with Crippen molar-refractivity contribution >= 4 is 27.4 Å². The molecular weight excluding hydrogens is 304 g/mol. The Morgan fingerprint density at radius 1 is 1.32 bits per heavy atom. The maximum Gasteiger partial charge on any atom is 0.160 e.